The first-order valence-electron chi connectivity index (χ1n) is 9.04. The SMILES string of the molecule is NS(=O)(=O)c1ccc(CNC(=O)c2cc3ccccc3cc2NC(=O)C2CC2)s1. The molecule has 0 unspecified atom stereocenters. The second-order valence-corrected chi connectivity index (χ2v) is 9.91. The Morgan fingerprint density at radius 1 is 1.07 bits per heavy atom. The number of nitrogens with one attached hydrogen (secondary N) is 2. The van der Waals surface area contributed by atoms with E-state index in [0.29, 0.717) is 16.1 Å². The number of carbonyl (C=O) groups is 2. The van der Waals surface area contributed by atoms with E-state index in [1.807, 2.05) is 24.3 Å². The van der Waals surface area contributed by atoms with E-state index in [4.69, 9.17) is 5.14 Å². The molecule has 2 amide bonds. The molecule has 4 rings (SSSR count). The topological polar surface area (TPSA) is 118 Å². The van der Waals surface area contributed by atoms with Gasteiger partial charge in [-0.15, -0.1) is 11.3 Å². The Bertz CT molecular complexity index is 1210. The molecule has 0 bridgehead atoms. The Morgan fingerprint density at radius 3 is 2.38 bits per heavy atom. The van der Waals surface area contributed by atoms with Crippen molar-refractivity contribution < 1.29 is 18.0 Å². The summed E-state index contributed by atoms with van der Waals surface area (Å²) in [6.07, 6.45) is 1.73. The van der Waals surface area contributed by atoms with Crippen molar-refractivity contribution in [2.75, 3.05) is 5.32 Å². The van der Waals surface area contributed by atoms with E-state index in [1.165, 1.54) is 6.07 Å². The first-order chi connectivity index (χ1) is 13.8. The first-order valence-corrected chi connectivity index (χ1v) is 11.4. The molecule has 1 saturated carbocycles. The molecule has 7 nitrogen and oxygen atoms in total. The Morgan fingerprint density at radius 2 is 1.76 bits per heavy atom. The van der Waals surface area contributed by atoms with Crippen molar-refractivity contribution in [2.24, 2.45) is 11.1 Å². The van der Waals surface area contributed by atoms with Crippen molar-refractivity contribution in [3.8, 4) is 0 Å². The number of nitrogens with two attached hydrogens (primary N) is 1. The summed E-state index contributed by atoms with van der Waals surface area (Å²) in [5.41, 5.74) is 0.829. The molecule has 0 radical (unpaired) electrons. The minimum Gasteiger partial charge on any atom is -0.347 e. The van der Waals surface area contributed by atoms with Crippen LogP contribution in [0.2, 0.25) is 0 Å². The molecule has 1 aliphatic rings. The molecule has 0 aliphatic heterocycles. The molecule has 4 N–H and O–H groups in total. The standard InChI is InChI=1S/C20H19N3O4S2/c21-29(26,27)18-8-7-15(28-18)11-22-20(25)16-9-13-3-1-2-4-14(13)10-17(16)23-19(24)12-5-6-12/h1-4,7-10,12H,5-6,11H2,(H,22,25)(H,23,24)(H2,21,26,27). The lowest BCUT2D eigenvalue weighted by molar-refractivity contribution is -0.117. The van der Waals surface area contributed by atoms with Crippen LogP contribution in [0.3, 0.4) is 0 Å². The predicted molar refractivity (Wildman–Crippen MR) is 112 cm³/mol. The van der Waals surface area contributed by atoms with E-state index < -0.39 is 10.0 Å². The van der Waals surface area contributed by atoms with Crippen molar-refractivity contribution in [2.45, 2.75) is 23.6 Å². The number of amides is 2. The Kier molecular flexibility index (Phi) is 5.12. The maximum Gasteiger partial charge on any atom is 0.253 e. The molecule has 2 aromatic carbocycles. The van der Waals surface area contributed by atoms with Crippen molar-refractivity contribution in [1.29, 1.82) is 0 Å². The van der Waals surface area contributed by atoms with Gasteiger partial charge in [0.1, 0.15) is 4.21 Å². The maximum atomic E-state index is 12.9. The lowest BCUT2D eigenvalue weighted by atomic mass is 10.0. The normalized spacial score (nSPS) is 14.0. The monoisotopic (exact) mass is 429 g/mol. The van der Waals surface area contributed by atoms with Crippen LogP contribution in [0, 0.1) is 5.92 Å². The third kappa shape index (κ3) is 4.47. The molecule has 0 atom stereocenters. The fourth-order valence-corrected chi connectivity index (χ4v) is 4.70. The lowest BCUT2D eigenvalue weighted by Crippen LogP contribution is -2.25. The van der Waals surface area contributed by atoms with Crippen molar-refractivity contribution in [3.05, 3.63) is 59.0 Å². The summed E-state index contributed by atoms with van der Waals surface area (Å²) in [5, 5.41) is 12.6. The number of fused-ring (bicyclic) bond motifs is 1. The van der Waals surface area contributed by atoms with Gasteiger partial charge in [0.15, 0.2) is 0 Å². The third-order valence-corrected chi connectivity index (χ3v) is 7.20. The van der Waals surface area contributed by atoms with Gasteiger partial charge in [0.25, 0.3) is 5.91 Å². The van der Waals surface area contributed by atoms with Gasteiger partial charge in [-0.3, -0.25) is 9.59 Å². The minimum atomic E-state index is -3.76. The molecule has 0 spiro atoms. The lowest BCUT2D eigenvalue weighted by Gasteiger charge is -2.13. The van der Waals surface area contributed by atoms with Crippen molar-refractivity contribution >= 4 is 49.6 Å². The van der Waals surface area contributed by atoms with Crippen molar-refractivity contribution in [1.82, 2.24) is 5.32 Å². The average Bonchev–Trinajstić information content (AvgIpc) is 3.42. The Labute approximate surface area is 172 Å². The molecule has 1 aliphatic carbocycles. The number of primary sulfonamides is 1. The number of rotatable bonds is 6. The number of sulfonamides is 1. The molecule has 0 saturated heterocycles. The first kappa shape index (κ1) is 19.6. The van der Waals surface area contributed by atoms with E-state index >= 15 is 0 Å². The van der Waals surface area contributed by atoms with Gasteiger partial charge in [-0.25, -0.2) is 13.6 Å². The fourth-order valence-electron chi connectivity index (χ4n) is 2.98. The number of anilines is 1. The zero-order chi connectivity index (χ0) is 20.6. The van der Waals surface area contributed by atoms with Crippen LogP contribution in [-0.2, 0) is 21.4 Å². The van der Waals surface area contributed by atoms with Crippen LogP contribution in [0.25, 0.3) is 10.8 Å². The van der Waals surface area contributed by atoms with Crippen LogP contribution in [0.5, 0.6) is 0 Å². The predicted octanol–water partition coefficient (Wildman–Crippen LogP) is 2.83. The molecule has 29 heavy (non-hydrogen) atoms. The summed E-state index contributed by atoms with van der Waals surface area (Å²) in [5.74, 6) is -0.419. The highest BCUT2D eigenvalue weighted by molar-refractivity contribution is 7.91. The summed E-state index contributed by atoms with van der Waals surface area (Å²) < 4.78 is 22.8. The summed E-state index contributed by atoms with van der Waals surface area (Å²) in [6, 6.07) is 14.2. The van der Waals surface area contributed by atoms with Gasteiger partial charge in [-0.2, -0.15) is 0 Å². The van der Waals surface area contributed by atoms with Gasteiger partial charge in [-0.1, -0.05) is 24.3 Å². The molecular weight excluding hydrogens is 410 g/mol. The van der Waals surface area contributed by atoms with Crippen molar-refractivity contribution in [3.63, 3.8) is 0 Å². The number of hydrogen-bond donors (Lipinski definition) is 3. The minimum absolute atomic E-state index is 0.0140. The highest BCUT2D eigenvalue weighted by Crippen LogP contribution is 2.32. The second kappa shape index (κ2) is 7.58. The summed E-state index contributed by atoms with van der Waals surface area (Å²) in [4.78, 5) is 25.8. The van der Waals surface area contributed by atoms with Gasteiger partial charge in [0, 0.05) is 10.8 Å². The van der Waals surface area contributed by atoms with E-state index in [-0.39, 0.29) is 28.5 Å². The third-order valence-electron chi connectivity index (χ3n) is 4.68. The van der Waals surface area contributed by atoms with Crippen LogP contribution in [0.1, 0.15) is 28.1 Å². The quantitative estimate of drug-likeness (QED) is 0.558. The van der Waals surface area contributed by atoms with Crippen LogP contribution in [0.4, 0.5) is 5.69 Å². The van der Waals surface area contributed by atoms with Crippen LogP contribution < -0.4 is 15.8 Å². The average molecular weight is 430 g/mol. The second-order valence-electron chi connectivity index (χ2n) is 6.96. The van der Waals surface area contributed by atoms with Crippen LogP contribution in [-0.4, -0.2) is 20.2 Å². The summed E-state index contributed by atoms with van der Waals surface area (Å²) in [6.45, 7) is 0.155. The Balaban J connectivity index is 1.58. The van der Waals surface area contributed by atoms with E-state index in [2.05, 4.69) is 10.6 Å². The van der Waals surface area contributed by atoms with E-state index in [0.717, 1.165) is 35.0 Å². The molecule has 1 fully saturated rings. The van der Waals surface area contributed by atoms with E-state index in [9.17, 15) is 18.0 Å². The largest absolute Gasteiger partial charge is 0.347 e. The van der Waals surface area contributed by atoms with Gasteiger partial charge in [0.2, 0.25) is 15.9 Å². The fraction of sp³-hybridized carbons (Fsp3) is 0.200. The molecule has 1 aromatic heterocycles. The maximum absolute atomic E-state index is 12.9. The summed E-state index contributed by atoms with van der Waals surface area (Å²) >= 11 is 1.01. The number of benzene rings is 2. The number of carbonyl (C=O) groups excluding carboxylic acids is 2. The van der Waals surface area contributed by atoms with Crippen LogP contribution in [0.15, 0.2) is 52.7 Å². The van der Waals surface area contributed by atoms with E-state index in [1.54, 1.807) is 18.2 Å². The zero-order valence-electron chi connectivity index (χ0n) is 15.3. The zero-order valence-corrected chi connectivity index (χ0v) is 17.0. The van der Waals surface area contributed by atoms with Gasteiger partial charge < -0.3 is 10.6 Å². The molecule has 3 aromatic rings. The highest BCUT2D eigenvalue weighted by atomic mass is 32.2. The molecule has 9 heteroatoms. The Hall–Kier alpha value is -2.75. The van der Waals surface area contributed by atoms with Crippen LogP contribution >= 0.6 is 11.3 Å². The summed E-state index contributed by atoms with van der Waals surface area (Å²) in [7, 11) is -3.76. The molecule has 150 valence electrons. The van der Waals surface area contributed by atoms with Gasteiger partial charge >= 0.3 is 0 Å². The smallest absolute Gasteiger partial charge is 0.253 e. The van der Waals surface area contributed by atoms with Gasteiger partial charge in [-0.05, 0) is 47.9 Å². The van der Waals surface area contributed by atoms with Gasteiger partial charge in [0.05, 0.1) is 17.8 Å². The number of thiophene rings is 1. The molecule has 1 heterocycles. The molecular formula is C20H19N3O4S2. The highest BCUT2D eigenvalue weighted by Gasteiger charge is 2.30. The number of hydrogen-bond acceptors (Lipinski definition) is 5.